The molecule has 0 aromatic heterocycles. The van der Waals surface area contributed by atoms with E-state index in [1.165, 1.54) is 29.4 Å². The van der Waals surface area contributed by atoms with Crippen molar-refractivity contribution in [2.45, 2.75) is 38.1 Å². The molecule has 0 fully saturated rings. The second-order valence-corrected chi connectivity index (χ2v) is 6.80. The van der Waals surface area contributed by atoms with E-state index in [-0.39, 0.29) is 35.3 Å². The fraction of sp³-hybridized carbons (Fsp3) is 0.538. The molecule has 0 atom stereocenters. The van der Waals surface area contributed by atoms with Crippen LogP contribution in [0, 0.1) is 17.0 Å². The van der Waals surface area contributed by atoms with Crippen molar-refractivity contribution in [3.63, 3.8) is 0 Å². The molecule has 0 amide bonds. The molecule has 8 heteroatoms. The average molecular weight is 316 g/mol. The fourth-order valence-corrected chi connectivity index (χ4v) is 4.01. The maximum Gasteiger partial charge on any atom is 0.273 e. The molecule has 0 bridgehead atoms. The van der Waals surface area contributed by atoms with Crippen LogP contribution in [0.1, 0.15) is 25.8 Å². The third kappa shape index (κ3) is 3.78. The summed E-state index contributed by atoms with van der Waals surface area (Å²) < 4.78 is 26.6. The molecule has 0 saturated carbocycles. The van der Waals surface area contributed by atoms with E-state index in [2.05, 4.69) is 0 Å². The van der Waals surface area contributed by atoms with Crippen molar-refractivity contribution < 1.29 is 18.4 Å². The summed E-state index contributed by atoms with van der Waals surface area (Å²) in [5.41, 5.74) is -0.0981. The maximum atomic E-state index is 12.7. The van der Waals surface area contributed by atoms with Gasteiger partial charge in [0.15, 0.2) is 0 Å². The predicted octanol–water partition coefficient (Wildman–Crippen LogP) is 1.68. The zero-order valence-electron chi connectivity index (χ0n) is 12.3. The maximum absolute atomic E-state index is 12.7. The van der Waals surface area contributed by atoms with Crippen molar-refractivity contribution in [2.24, 2.45) is 0 Å². The Morgan fingerprint density at radius 3 is 2.48 bits per heavy atom. The van der Waals surface area contributed by atoms with Crippen LogP contribution < -0.4 is 0 Å². The van der Waals surface area contributed by atoms with Gasteiger partial charge >= 0.3 is 0 Å². The lowest BCUT2D eigenvalue weighted by Crippen LogP contribution is -2.38. The zero-order chi connectivity index (χ0) is 16.2. The van der Waals surface area contributed by atoms with Crippen molar-refractivity contribution in [2.75, 3.05) is 13.2 Å². The highest BCUT2D eigenvalue weighted by atomic mass is 32.2. The Hall–Kier alpha value is -1.51. The molecule has 0 aliphatic heterocycles. The van der Waals surface area contributed by atoms with E-state index < -0.39 is 14.9 Å². The molecule has 1 rings (SSSR count). The van der Waals surface area contributed by atoms with Crippen LogP contribution in [0.4, 0.5) is 5.69 Å². The molecule has 7 nitrogen and oxygen atoms in total. The number of aliphatic hydroxyl groups excluding tert-OH is 1. The summed E-state index contributed by atoms with van der Waals surface area (Å²) in [7, 11) is -3.84. The van der Waals surface area contributed by atoms with Crippen molar-refractivity contribution >= 4 is 15.7 Å². The summed E-state index contributed by atoms with van der Waals surface area (Å²) in [6, 6.07) is 3.70. The lowest BCUT2D eigenvalue weighted by atomic mass is 10.2. The second kappa shape index (κ2) is 6.97. The number of sulfonamides is 1. The SMILES string of the molecule is Cc1c([N+](=O)[O-])cccc1S(=O)(=O)N(CCCO)C(C)C. The number of rotatable bonds is 7. The Kier molecular flexibility index (Phi) is 5.82. The highest BCUT2D eigenvalue weighted by Crippen LogP contribution is 2.28. The molecule has 0 heterocycles. The van der Waals surface area contributed by atoms with Crippen LogP contribution in [-0.2, 0) is 10.0 Å². The number of nitro groups is 1. The van der Waals surface area contributed by atoms with Crippen LogP contribution in [0.5, 0.6) is 0 Å². The standard InChI is InChI=1S/C13H20N2O5S/c1-10(2)14(8-5-9-16)21(19,20)13-7-4-6-12(11(13)3)15(17)18/h4,6-7,10,16H,5,8-9H2,1-3H3. The van der Waals surface area contributed by atoms with E-state index in [0.29, 0.717) is 6.42 Å². The summed E-state index contributed by atoms with van der Waals surface area (Å²) in [5.74, 6) is 0. The quantitative estimate of drug-likeness (QED) is 0.609. The molecule has 0 spiro atoms. The van der Waals surface area contributed by atoms with Gasteiger partial charge in [-0.05, 0) is 33.3 Å². The molecular formula is C13H20N2O5S. The summed E-state index contributed by atoms with van der Waals surface area (Å²) in [4.78, 5) is 10.3. The van der Waals surface area contributed by atoms with Crippen LogP contribution in [0.3, 0.4) is 0 Å². The van der Waals surface area contributed by atoms with E-state index in [4.69, 9.17) is 5.11 Å². The lowest BCUT2D eigenvalue weighted by Gasteiger charge is -2.26. The minimum atomic E-state index is -3.84. The van der Waals surface area contributed by atoms with E-state index in [0.717, 1.165) is 0 Å². The average Bonchev–Trinajstić information content (AvgIpc) is 2.38. The van der Waals surface area contributed by atoms with Crippen LogP contribution in [0.15, 0.2) is 23.1 Å². The van der Waals surface area contributed by atoms with E-state index in [9.17, 15) is 18.5 Å². The third-order valence-corrected chi connectivity index (χ3v) is 5.37. The zero-order valence-corrected chi connectivity index (χ0v) is 13.1. The van der Waals surface area contributed by atoms with Gasteiger partial charge < -0.3 is 5.11 Å². The van der Waals surface area contributed by atoms with Crippen molar-refractivity contribution in [3.8, 4) is 0 Å². The Bertz CT molecular complexity index is 613. The molecular weight excluding hydrogens is 296 g/mol. The monoisotopic (exact) mass is 316 g/mol. The van der Waals surface area contributed by atoms with Gasteiger partial charge in [-0.3, -0.25) is 10.1 Å². The minimum Gasteiger partial charge on any atom is -0.396 e. The largest absolute Gasteiger partial charge is 0.396 e. The molecule has 0 radical (unpaired) electrons. The first-order valence-corrected chi connectivity index (χ1v) is 8.04. The first-order chi connectivity index (χ1) is 9.73. The molecule has 0 unspecified atom stereocenters. The van der Waals surface area contributed by atoms with Gasteiger partial charge in [-0.1, -0.05) is 6.07 Å². The highest BCUT2D eigenvalue weighted by Gasteiger charge is 2.30. The number of hydrogen-bond donors (Lipinski definition) is 1. The predicted molar refractivity (Wildman–Crippen MR) is 78.6 cm³/mol. The smallest absolute Gasteiger partial charge is 0.273 e. The van der Waals surface area contributed by atoms with E-state index >= 15 is 0 Å². The Morgan fingerprint density at radius 1 is 1.38 bits per heavy atom. The number of nitrogens with zero attached hydrogens (tertiary/aromatic N) is 2. The van der Waals surface area contributed by atoms with E-state index in [1.807, 2.05) is 0 Å². The molecule has 1 aromatic carbocycles. The van der Waals surface area contributed by atoms with Crippen molar-refractivity contribution in [1.29, 1.82) is 0 Å². The van der Waals surface area contributed by atoms with Crippen molar-refractivity contribution in [3.05, 3.63) is 33.9 Å². The topological polar surface area (TPSA) is 101 Å². The number of benzene rings is 1. The van der Waals surface area contributed by atoms with Crippen LogP contribution in [-0.4, -0.2) is 41.9 Å². The van der Waals surface area contributed by atoms with Gasteiger partial charge in [0.1, 0.15) is 0 Å². The lowest BCUT2D eigenvalue weighted by molar-refractivity contribution is -0.385. The first kappa shape index (κ1) is 17.5. The third-order valence-electron chi connectivity index (χ3n) is 3.15. The van der Waals surface area contributed by atoms with Gasteiger partial charge in [0, 0.05) is 30.8 Å². The molecule has 1 N–H and O–H groups in total. The molecule has 1 aromatic rings. The van der Waals surface area contributed by atoms with Crippen LogP contribution >= 0.6 is 0 Å². The first-order valence-electron chi connectivity index (χ1n) is 6.60. The number of hydrogen-bond acceptors (Lipinski definition) is 5. The number of aliphatic hydroxyl groups is 1. The molecule has 118 valence electrons. The second-order valence-electron chi connectivity index (χ2n) is 4.94. The van der Waals surface area contributed by atoms with Gasteiger partial charge in [0.2, 0.25) is 10.0 Å². The molecule has 0 saturated heterocycles. The summed E-state index contributed by atoms with van der Waals surface area (Å²) in [6.07, 6.45) is 0.311. The molecule has 0 aliphatic rings. The normalized spacial score (nSPS) is 12.1. The van der Waals surface area contributed by atoms with Gasteiger partial charge in [-0.25, -0.2) is 8.42 Å². The van der Waals surface area contributed by atoms with Crippen LogP contribution in [0.2, 0.25) is 0 Å². The fourth-order valence-electron chi connectivity index (χ4n) is 2.09. The Morgan fingerprint density at radius 2 is 2.00 bits per heavy atom. The summed E-state index contributed by atoms with van der Waals surface area (Å²) in [6.45, 7) is 4.92. The Balaban J connectivity index is 3.35. The highest BCUT2D eigenvalue weighted by molar-refractivity contribution is 7.89. The molecule has 21 heavy (non-hydrogen) atoms. The van der Waals surface area contributed by atoms with Gasteiger partial charge in [-0.2, -0.15) is 4.31 Å². The number of nitro benzene ring substituents is 1. The van der Waals surface area contributed by atoms with Crippen molar-refractivity contribution in [1.82, 2.24) is 4.31 Å². The Labute approximate surface area is 124 Å². The van der Waals surface area contributed by atoms with Gasteiger partial charge in [0.25, 0.3) is 5.69 Å². The van der Waals surface area contributed by atoms with Gasteiger partial charge in [-0.15, -0.1) is 0 Å². The summed E-state index contributed by atoms with van der Waals surface area (Å²) >= 11 is 0. The molecule has 0 aliphatic carbocycles. The van der Waals surface area contributed by atoms with E-state index in [1.54, 1.807) is 13.8 Å². The summed E-state index contributed by atoms with van der Waals surface area (Å²) in [5, 5.41) is 19.8. The van der Waals surface area contributed by atoms with Crippen LogP contribution in [0.25, 0.3) is 0 Å². The minimum absolute atomic E-state index is 0.0664. The van der Waals surface area contributed by atoms with Gasteiger partial charge in [0.05, 0.1) is 9.82 Å².